The number of rotatable bonds is 6. The molecule has 0 saturated heterocycles. The summed E-state index contributed by atoms with van der Waals surface area (Å²) >= 11 is 0. The Balaban J connectivity index is 2.06. The van der Waals surface area contributed by atoms with Crippen molar-refractivity contribution in [3.05, 3.63) is 29.2 Å². The van der Waals surface area contributed by atoms with Crippen molar-refractivity contribution in [2.45, 2.75) is 19.2 Å². The highest BCUT2D eigenvalue weighted by atomic mass is 19.1. The number of halogens is 1. The number of hydrogen-bond acceptors (Lipinski definition) is 6. The van der Waals surface area contributed by atoms with Crippen LogP contribution < -0.4 is 0 Å². The third-order valence-corrected chi connectivity index (χ3v) is 2.36. The van der Waals surface area contributed by atoms with Gasteiger partial charge in [-0.2, -0.15) is 0 Å². The van der Waals surface area contributed by atoms with Gasteiger partial charge in [-0.3, -0.25) is 0 Å². The maximum absolute atomic E-state index is 12.1. The van der Waals surface area contributed by atoms with E-state index < -0.39 is 12.8 Å². The average Bonchev–Trinajstić information content (AvgIpc) is 2.98. The van der Waals surface area contributed by atoms with Gasteiger partial charge in [-0.05, 0) is 0 Å². The van der Waals surface area contributed by atoms with Crippen LogP contribution in [-0.4, -0.2) is 36.3 Å². The van der Waals surface area contributed by atoms with E-state index >= 15 is 0 Å². The van der Waals surface area contributed by atoms with Crippen LogP contribution in [0.25, 0.3) is 0 Å². The quantitative estimate of drug-likeness (QED) is 0.760. The SMILES string of the molecule is O=Nc1nccn1CC(O)c1cn(CCF)nn1. The fourth-order valence-electron chi connectivity index (χ4n) is 1.48. The number of alkyl halides is 1. The molecule has 0 aliphatic heterocycles. The molecule has 0 aliphatic carbocycles. The van der Waals surface area contributed by atoms with Crippen molar-refractivity contribution in [3.63, 3.8) is 0 Å². The minimum Gasteiger partial charge on any atom is -0.385 e. The van der Waals surface area contributed by atoms with E-state index in [0.717, 1.165) is 0 Å². The molecule has 1 unspecified atom stereocenters. The molecule has 0 radical (unpaired) electrons. The Morgan fingerprint density at radius 2 is 2.39 bits per heavy atom. The maximum Gasteiger partial charge on any atom is 0.271 e. The zero-order valence-electron chi connectivity index (χ0n) is 9.35. The van der Waals surface area contributed by atoms with Gasteiger partial charge >= 0.3 is 0 Å². The van der Waals surface area contributed by atoms with Crippen LogP contribution in [0.4, 0.5) is 10.3 Å². The van der Waals surface area contributed by atoms with Crippen LogP contribution in [-0.2, 0) is 13.1 Å². The van der Waals surface area contributed by atoms with Gasteiger partial charge in [-0.15, -0.1) is 10.0 Å². The molecule has 18 heavy (non-hydrogen) atoms. The van der Waals surface area contributed by atoms with Crippen LogP contribution in [0.5, 0.6) is 0 Å². The van der Waals surface area contributed by atoms with Gasteiger partial charge in [0.25, 0.3) is 5.95 Å². The third-order valence-electron chi connectivity index (χ3n) is 2.36. The van der Waals surface area contributed by atoms with Crippen molar-refractivity contribution in [2.75, 3.05) is 6.67 Å². The number of hydrogen-bond donors (Lipinski definition) is 1. The Kier molecular flexibility index (Phi) is 3.72. The van der Waals surface area contributed by atoms with Gasteiger partial charge in [0.2, 0.25) is 0 Å². The molecule has 96 valence electrons. The second kappa shape index (κ2) is 5.45. The molecule has 0 aromatic carbocycles. The molecule has 0 saturated carbocycles. The molecule has 1 atom stereocenters. The number of aromatic nitrogens is 5. The number of aliphatic hydroxyl groups is 1. The highest BCUT2D eigenvalue weighted by molar-refractivity contribution is 5.16. The first-order valence-corrected chi connectivity index (χ1v) is 5.23. The number of nitrogens with zero attached hydrogens (tertiary/aromatic N) is 6. The zero-order chi connectivity index (χ0) is 13.0. The summed E-state index contributed by atoms with van der Waals surface area (Å²) in [7, 11) is 0. The van der Waals surface area contributed by atoms with E-state index in [1.807, 2.05) is 0 Å². The molecule has 2 rings (SSSR count). The molecule has 0 fully saturated rings. The molecule has 2 aromatic rings. The zero-order valence-corrected chi connectivity index (χ0v) is 9.35. The molecule has 1 N–H and O–H groups in total. The minimum absolute atomic E-state index is 0.0230. The first kappa shape index (κ1) is 12.3. The van der Waals surface area contributed by atoms with Gasteiger partial charge in [-0.25, -0.2) is 14.1 Å². The Hall–Kier alpha value is -2.16. The van der Waals surface area contributed by atoms with E-state index in [1.54, 1.807) is 0 Å². The molecule has 0 aliphatic rings. The van der Waals surface area contributed by atoms with Crippen LogP contribution in [0.3, 0.4) is 0 Å². The van der Waals surface area contributed by atoms with E-state index in [1.165, 1.54) is 27.8 Å². The van der Waals surface area contributed by atoms with Crippen molar-refractivity contribution >= 4 is 5.95 Å². The summed E-state index contributed by atoms with van der Waals surface area (Å²) in [5.41, 5.74) is 0.300. The summed E-state index contributed by atoms with van der Waals surface area (Å²) in [4.78, 5) is 14.1. The molecule has 8 nitrogen and oxygen atoms in total. The maximum atomic E-state index is 12.1. The Morgan fingerprint density at radius 1 is 1.56 bits per heavy atom. The van der Waals surface area contributed by atoms with Crippen LogP contribution >= 0.6 is 0 Å². The standard InChI is InChI=1S/C9H11FN6O2/c10-1-3-16-5-7(12-14-16)8(17)6-15-4-2-11-9(15)13-18/h2,4-5,8,17H,1,3,6H2. The van der Waals surface area contributed by atoms with Crippen LogP contribution in [0.2, 0.25) is 0 Å². The van der Waals surface area contributed by atoms with E-state index in [-0.39, 0.29) is 19.0 Å². The van der Waals surface area contributed by atoms with Gasteiger partial charge in [0.05, 0.1) is 19.3 Å². The molecule has 0 bridgehead atoms. The van der Waals surface area contributed by atoms with E-state index in [9.17, 15) is 14.4 Å². The van der Waals surface area contributed by atoms with Crippen LogP contribution in [0, 0.1) is 4.91 Å². The van der Waals surface area contributed by atoms with Crippen molar-refractivity contribution in [2.24, 2.45) is 5.18 Å². The predicted molar refractivity (Wildman–Crippen MR) is 58.6 cm³/mol. The summed E-state index contributed by atoms with van der Waals surface area (Å²) in [5, 5.41) is 20.0. The first-order valence-electron chi connectivity index (χ1n) is 5.23. The minimum atomic E-state index is -0.965. The second-order valence-electron chi connectivity index (χ2n) is 3.58. The molecule has 2 aromatic heterocycles. The fourth-order valence-corrected chi connectivity index (χ4v) is 1.48. The molecule has 0 spiro atoms. The highest BCUT2D eigenvalue weighted by Gasteiger charge is 2.15. The van der Waals surface area contributed by atoms with Crippen molar-refractivity contribution < 1.29 is 9.50 Å². The summed E-state index contributed by atoms with van der Waals surface area (Å²) in [6.45, 7) is -0.388. The van der Waals surface area contributed by atoms with Crippen LogP contribution in [0.1, 0.15) is 11.8 Å². The molecule has 9 heteroatoms. The normalized spacial score (nSPS) is 12.6. The predicted octanol–water partition coefficient (Wildman–Crippen LogP) is 0.576. The summed E-state index contributed by atoms with van der Waals surface area (Å²) < 4.78 is 14.8. The smallest absolute Gasteiger partial charge is 0.271 e. The van der Waals surface area contributed by atoms with Gasteiger partial charge in [0.1, 0.15) is 18.5 Å². The van der Waals surface area contributed by atoms with Gasteiger partial charge in [0.15, 0.2) is 0 Å². The van der Waals surface area contributed by atoms with E-state index in [4.69, 9.17) is 0 Å². The van der Waals surface area contributed by atoms with Crippen molar-refractivity contribution in [3.8, 4) is 0 Å². The molecule has 0 amide bonds. The lowest BCUT2D eigenvalue weighted by molar-refractivity contribution is 0.152. The monoisotopic (exact) mass is 254 g/mol. The van der Waals surface area contributed by atoms with Crippen LogP contribution in [0.15, 0.2) is 23.8 Å². The van der Waals surface area contributed by atoms with Crippen molar-refractivity contribution in [1.82, 2.24) is 24.5 Å². The summed E-state index contributed by atoms with van der Waals surface area (Å²) in [6, 6.07) is 0. The van der Waals surface area contributed by atoms with E-state index in [0.29, 0.717) is 5.69 Å². The first-order chi connectivity index (χ1) is 8.74. The largest absolute Gasteiger partial charge is 0.385 e. The average molecular weight is 254 g/mol. The second-order valence-corrected chi connectivity index (χ2v) is 3.58. The Labute approximate surface area is 101 Å². The fraction of sp³-hybridized carbons (Fsp3) is 0.444. The lowest BCUT2D eigenvalue weighted by Crippen LogP contribution is -2.08. The Bertz CT molecular complexity index is 525. The topological polar surface area (TPSA) is 98.2 Å². The summed E-state index contributed by atoms with van der Waals surface area (Å²) in [5.74, 6) is -0.0230. The lowest BCUT2D eigenvalue weighted by atomic mass is 10.3. The highest BCUT2D eigenvalue weighted by Crippen LogP contribution is 2.16. The van der Waals surface area contributed by atoms with Crippen molar-refractivity contribution in [1.29, 1.82) is 0 Å². The Morgan fingerprint density at radius 3 is 3.11 bits per heavy atom. The molecule has 2 heterocycles. The molecular weight excluding hydrogens is 243 g/mol. The van der Waals surface area contributed by atoms with E-state index in [2.05, 4.69) is 20.5 Å². The number of aryl methyl sites for hydroxylation is 1. The molecular formula is C9H11FN6O2. The lowest BCUT2D eigenvalue weighted by Gasteiger charge is -2.08. The van der Waals surface area contributed by atoms with Gasteiger partial charge in [-0.1, -0.05) is 5.21 Å². The number of nitroso groups, excluding NO2 is 1. The number of aliphatic hydroxyl groups excluding tert-OH is 1. The number of imidazole rings is 1. The van der Waals surface area contributed by atoms with Gasteiger partial charge < -0.3 is 9.67 Å². The third kappa shape index (κ3) is 2.56. The summed E-state index contributed by atoms with van der Waals surface area (Å²) in [6.07, 6.45) is 3.41. The van der Waals surface area contributed by atoms with Gasteiger partial charge in [0, 0.05) is 17.6 Å².